The van der Waals surface area contributed by atoms with Gasteiger partial charge in [-0.2, -0.15) is 0 Å². The van der Waals surface area contributed by atoms with E-state index in [1.807, 2.05) is 0 Å². The quantitative estimate of drug-likeness (QED) is 0.858. The summed E-state index contributed by atoms with van der Waals surface area (Å²) in [5.41, 5.74) is 5.29. The third-order valence-electron chi connectivity index (χ3n) is 4.20. The zero-order valence-electron chi connectivity index (χ0n) is 12.4. The van der Waals surface area contributed by atoms with Gasteiger partial charge in [0, 0.05) is 12.3 Å². The molecule has 21 heavy (non-hydrogen) atoms. The van der Waals surface area contributed by atoms with E-state index in [0.717, 1.165) is 31.9 Å². The summed E-state index contributed by atoms with van der Waals surface area (Å²) < 4.78 is 23.0. The van der Waals surface area contributed by atoms with Crippen LogP contribution in [0.2, 0.25) is 0 Å². The molecule has 1 aliphatic rings. The van der Waals surface area contributed by atoms with Crippen molar-refractivity contribution in [2.24, 2.45) is 5.73 Å². The van der Waals surface area contributed by atoms with Crippen molar-refractivity contribution in [3.05, 3.63) is 29.8 Å². The number of carbonyl (C=O) groups excluding carboxylic acids is 1. The summed E-state index contributed by atoms with van der Waals surface area (Å²) in [7, 11) is -3.24. The zero-order chi connectivity index (χ0) is 15.7. The van der Waals surface area contributed by atoms with Crippen LogP contribution < -0.4 is 11.1 Å². The SMILES string of the molecule is CC(NC1CCCC1)(C(N)=O)c1ccc(S(C)(=O)=O)cc1. The van der Waals surface area contributed by atoms with Gasteiger partial charge in [0.05, 0.1) is 4.90 Å². The first-order valence-corrected chi connectivity index (χ1v) is 9.01. The lowest BCUT2D eigenvalue weighted by molar-refractivity contribution is -0.124. The Labute approximate surface area is 125 Å². The van der Waals surface area contributed by atoms with E-state index in [0.29, 0.717) is 5.56 Å². The van der Waals surface area contributed by atoms with Crippen LogP contribution in [0.3, 0.4) is 0 Å². The van der Waals surface area contributed by atoms with Crippen LogP contribution in [0.25, 0.3) is 0 Å². The monoisotopic (exact) mass is 310 g/mol. The van der Waals surface area contributed by atoms with Crippen LogP contribution >= 0.6 is 0 Å². The highest BCUT2D eigenvalue weighted by Crippen LogP contribution is 2.27. The van der Waals surface area contributed by atoms with E-state index in [1.54, 1.807) is 19.1 Å². The van der Waals surface area contributed by atoms with E-state index in [1.165, 1.54) is 12.1 Å². The number of hydrogen-bond donors (Lipinski definition) is 2. The molecule has 5 nitrogen and oxygen atoms in total. The van der Waals surface area contributed by atoms with Gasteiger partial charge in [-0.05, 0) is 37.5 Å². The second-order valence-electron chi connectivity index (χ2n) is 5.91. The van der Waals surface area contributed by atoms with Gasteiger partial charge in [0.1, 0.15) is 5.54 Å². The van der Waals surface area contributed by atoms with Gasteiger partial charge in [-0.15, -0.1) is 0 Å². The number of benzene rings is 1. The molecule has 3 N–H and O–H groups in total. The highest BCUT2D eigenvalue weighted by Gasteiger charge is 2.36. The lowest BCUT2D eigenvalue weighted by atomic mass is 9.90. The Morgan fingerprint density at radius 2 is 1.76 bits per heavy atom. The van der Waals surface area contributed by atoms with Crippen LogP contribution in [0.5, 0.6) is 0 Å². The van der Waals surface area contributed by atoms with Gasteiger partial charge in [0.2, 0.25) is 5.91 Å². The molecule has 1 fully saturated rings. The molecule has 0 radical (unpaired) electrons. The van der Waals surface area contributed by atoms with E-state index in [9.17, 15) is 13.2 Å². The summed E-state index contributed by atoms with van der Waals surface area (Å²) >= 11 is 0. The molecule has 1 aliphatic carbocycles. The Hall–Kier alpha value is -1.40. The molecule has 0 aromatic heterocycles. The minimum absolute atomic E-state index is 0.235. The Bertz CT molecular complexity index is 619. The van der Waals surface area contributed by atoms with Gasteiger partial charge in [-0.1, -0.05) is 25.0 Å². The van der Waals surface area contributed by atoms with Gasteiger partial charge >= 0.3 is 0 Å². The fourth-order valence-electron chi connectivity index (χ4n) is 2.81. The third-order valence-corrected chi connectivity index (χ3v) is 5.33. The molecular formula is C15H22N2O3S. The van der Waals surface area contributed by atoms with Crippen LogP contribution in [0.1, 0.15) is 38.2 Å². The lowest BCUT2D eigenvalue weighted by Gasteiger charge is -2.31. The van der Waals surface area contributed by atoms with Crippen LogP contribution in [0.15, 0.2) is 29.2 Å². The molecule has 6 heteroatoms. The van der Waals surface area contributed by atoms with Gasteiger partial charge < -0.3 is 5.73 Å². The molecule has 2 rings (SSSR count). The van der Waals surface area contributed by atoms with Gasteiger partial charge in [-0.3, -0.25) is 10.1 Å². The van der Waals surface area contributed by atoms with Gasteiger partial charge in [0.25, 0.3) is 0 Å². The summed E-state index contributed by atoms with van der Waals surface area (Å²) in [5, 5.41) is 3.34. The Balaban J connectivity index is 2.31. The number of nitrogens with one attached hydrogen (secondary N) is 1. The Kier molecular flexibility index (Phi) is 4.39. The molecule has 1 aromatic carbocycles. The molecule has 116 valence electrons. The summed E-state index contributed by atoms with van der Waals surface area (Å²) in [6.07, 6.45) is 5.53. The minimum Gasteiger partial charge on any atom is -0.368 e. The maximum atomic E-state index is 11.9. The summed E-state index contributed by atoms with van der Waals surface area (Å²) in [5.74, 6) is -0.457. The highest BCUT2D eigenvalue weighted by atomic mass is 32.2. The van der Waals surface area contributed by atoms with Crippen molar-refractivity contribution in [2.45, 2.75) is 49.1 Å². The smallest absolute Gasteiger partial charge is 0.242 e. The molecule has 0 bridgehead atoms. The molecule has 1 aromatic rings. The van der Waals surface area contributed by atoms with E-state index in [4.69, 9.17) is 5.73 Å². The van der Waals surface area contributed by atoms with Crippen molar-refractivity contribution >= 4 is 15.7 Å². The van der Waals surface area contributed by atoms with E-state index >= 15 is 0 Å². The molecular weight excluding hydrogens is 288 g/mol. The normalized spacial score (nSPS) is 19.3. The fourth-order valence-corrected chi connectivity index (χ4v) is 3.44. The van der Waals surface area contributed by atoms with E-state index in [-0.39, 0.29) is 10.9 Å². The molecule has 1 amide bonds. The topological polar surface area (TPSA) is 89.3 Å². The maximum absolute atomic E-state index is 11.9. The number of amides is 1. The molecule has 0 aliphatic heterocycles. The lowest BCUT2D eigenvalue weighted by Crippen LogP contribution is -2.53. The van der Waals surface area contributed by atoms with Crippen molar-refractivity contribution in [2.75, 3.05) is 6.26 Å². The average Bonchev–Trinajstić information content (AvgIpc) is 2.90. The number of rotatable bonds is 5. The first-order chi connectivity index (χ1) is 9.73. The van der Waals surface area contributed by atoms with Crippen molar-refractivity contribution in [1.82, 2.24) is 5.32 Å². The molecule has 0 saturated heterocycles. The zero-order valence-corrected chi connectivity index (χ0v) is 13.2. The van der Waals surface area contributed by atoms with Crippen LogP contribution in [0, 0.1) is 0 Å². The second-order valence-corrected chi connectivity index (χ2v) is 7.93. The Morgan fingerprint density at radius 1 is 1.24 bits per heavy atom. The first-order valence-electron chi connectivity index (χ1n) is 7.12. The molecule has 0 spiro atoms. The third kappa shape index (κ3) is 3.44. The standard InChI is InChI=1S/C15H22N2O3S/c1-15(14(16)18,17-12-5-3-4-6-12)11-7-9-13(10-8-11)21(2,19)20/h7-10,12,17H,3-6H2,1-2H3,(H2,16,18). The van der Waals surface area contributed by atoms with Crippen molar-refractivity contribution in [1.29, 1.82) is 0 Å². The van der Waals surface area contributed by atoms with Crippen LogP contribution in [-0.2, 0) is 20.2 Å². The fraction of sp³-hybridized carbons (Fsp3) is 0.533. The molecule has 1 saturated carbocycles. The largest absolute Gasteiger partial charge is 0.368 e. The predicted molar refractivity (Wildman–Crippen MR) is 81.5 cm³/mol. The molecule has 1 unspecified atom stereocenters. The van der Waals surface area contributed by atoms with Gasteiger partial charge in [0.15, 0.2) is 9.84 Å². The number of primary amides is 1. The number of sulfone groups is 1. The average molecular weight is 310 g/mol. The van der Waals surface area contributed by atoms with E-state index < -0.39 is 21.3 Å². The van der Waals surface area contributed by atoms with Crippen LogP contribution in [-0.4, -0.2) is 26.6 Å². The van der Waals surface area contributed by atoms with Gasteiger partial charge in [-0.25, -0.2) is 8.42 Å². The predicted octanol–water partition coefficient (Wildman–Crippen LogP) is 1.32. The number of carbonyl (C=O) groups is 1. The van der Waals surface area contributed by atoms with Crippen molar-refractivity contribution in [3.8, 4) is 0 Å². The minimum atomic E-state index is -3.24. The summed E-state index contributed by atoms with van der Waals surface area (Å²) in [4.78, 5) is 12.2. The summed E-state index contributed by atoms with van der Waals surface area (Å²) in [6, 6.07) is 6.62. The second kappa shape index (κ2) is 5.77. The maximum Gasteiger partial charge on any atom is 0.242 e. The first kappa shape index (κ1) is 16.0. The number of hydrogen-bond acceptors (Lipinski definition) is 4. The molecule has 1 atom stereocenters. The van der Waals surface area contributed by atoms with Crippen molar-refractivity contribution in [3.63, 3.8) is 0 Å². The molecule has 0 heterocycles. The highest BCUT2D eigenvalue weighted by molar-refractivity contribution is 7.90. The summed E-state index contributed by atoms with van der Waals surface area (Å²) in [6.45, 7) is 1.75. The number of nitrogens with two attached hydrogens (primary N) is 1. The van der Waals surface area contributed by atoms with Crippen LogP contribution in [0.4, 0.5) is 0 Å². The van der Waals surface area contributed by atoms with Crippen molar-refractivity contribution < 1.29 is 13.2 Å². The Morgan fingerprint density at radius 3 is 2.19 bits per heavy atom. The van der Waals surface area contributed by atoms with E-state index in [2.05, 4.69) is 5.32 Å².